The van der Waals surface area contributed by atoms with Crippen molar-refractivity contribution in [3.8, 4) is 11.6 Å². The highest BCUT2D eigenvalue weighted by atomic mass is 79.9. The number of benzene rings is 2. The van der Waals surface area contributed by atoms with Crippen LogP contribution >= 0.6 is 27.5 Å². The van der Waals surface area contributed by atoms with Gasteiger partial charge in [0.15, 0.2) is 11.2 Å². The lowest BCUT2D eigenvalue weighted by molar-refractivity contribution is -0.153. The molecule has 188 valence electrons. The summed E-state index contributed by atoms with van der Waals surface area (Å²) < 4.78 is 26.9. The van der Waals surface area contributed by atoms with E-state index in [1.807, 2.05) is 59.5 Å². The largest absolute Gasteiger partial charge is 0.481 e. The zero-order valence-corrected chi connectivity index (χ0v) is 21.8. The van der Waals surface area contributed by atoms with Crippen molar-refractivity contribution < 1.29 is 24.1 Å². The Hall–Kier alpha value is -2.23. The first-order valence-corrected chi connectivity index (χ1v) is 13.0. The Kier molecular flexibility index (Phi) is 5.81. The van der Waals surface area contributed by atoms with Gasteiger partial charge in [-0.05, 0) is 23.3 Å². The summed E-state index contributed by atoms with van der Waals surface area (Å²) in [4.78, 5) is 6.25. The van der Waals surface area contributed by atoms with Gasteiger partial charge in [-0.15, -0.1) is 0 Å². The van der Waals surface area contributed by atoms with E-state index in [1.54, 1.807) is 6.07 Å². The van der Waals surface area contributed by atoms with E-state index in [4.69, 9.17) is 21.1 Å². The van der Waals surface area contributed by atoms with Crippen molar-refractivity contribution in [2.45, 2.75) is 29.4 Å². The highest BCUT2D eigenvalue weighted by Gasteiger charge is 2.77. The van der Waals surface area contributed by atoms with Gasteiger partial charge in [0, 0.05) is 42.0 Å². The van der Waals surface area contributed by atoms with Gasteiger partial charge >= 0.3 is 0 Å². The van der Waals surface area contributed by atoms with Crippen LogP contribution in [0.2, 0.25) is 5.15 Å². The van der Waals surface area contributed by atoms with Gasteiger partial charge in [0.25, 0.3) is 0 Å². The minimum Gasteiger partial charge on any atom is -0.481 e. The third kappa shape index (κ3) is 3.28. The Morgan fingerprint density at radius 2 is 1.89 bits per heavy atom. The third-order valence-corrected chi connectivity index (χ3v) is 8.57. The molecule has 5 atom stereocenters. The minimum absolute atomic E-state index is 0.0956. The van der Waals surface area contributed by atoms with Crippen LogP contribution in [0.25, 0.3) is 0 Å². The van der Waals surface area contributed by atoms with Crippen molar-refractivity contribution in [1.29, 1.82) is 0 Å². The monoisotopic (exact) mass is 574 g/mol. The molecule has 6 rings (SSSR count). The second-order valence-electron chi connectivity index (χ2n) is 9.75. The van der Waals surface area contributed by atoms with Crippen LogP contribution in [0.4, 0.5) is 4.39 Å². The number of aromatic nitrogens is 1. The summed E-state index contributed by atoms with van der Waals surface area (Å²) in [6, 6.07) is 18.8. The predicted octanol–water partition coefficient (Wildman–Crippen LogP) is 4.41. The summed E-state index contributed by atoms with van der Waals surface area (Å²) in [6.07, 6.45) is -2.16. The summed E-state index contributed by atoms with van der Waals surface area (Å²) >= 11 is 9.78. The Labute approximate surface area is 221 Å². The zero-order chi connectivity index (χ0) is 25.2. The molecule has 0 unspecified atom stereocenters. The molecule has 0 radical (unpaired) electrons. The Balaban J connectivity index is 1.63. The number of pyridine rings is 1. The van der Waals surface area contributed by atoms with E-state index < -0.39 is 35.3 Å². The average Bonchev–Trinajstić information content (AvgIpc) is 3.21. The second-order valence-corrected chi connectivity index (χ2v) is 11.1. The highest BCUT2D eigenvalue weighted by Crippen LogP contribution is 2.69. The Morgan fingerprint density at radius 1 is 1.19 bits per heavy atom. The smallest absolute Gasteiger partial charge is 0.224 e. The Bertz CT molecular complexity index is 1290. The van der Waals surface area contributed by atoms with E-state index in [0.717, 1.165) is 10.0 Å². The van der Waals surface area contributed by atoms with E-state index in [-0.39, 0.29) is 16.6 Å². The average molecular weight is 576 g/mol. The first kappa shape index (κ1) is 24.1. The summed E-state index contributed by atoms with van der Waals surface area (Å²) in [6.45, 7) is 0.989. The van der Waals surface area contributed by atoms with Crippen LogP contribution in [0.3, 0.4) is 0 Å². The number of alkyl halides is 1. The van der Waals surface area contributed by atoms with Crippen molar-refractivity contribution >= 4 is 27.5 Å². The molecule has 9 heteroatoms. The highest BCUT2D eigenvalue weighted by molar-refractivity contribution is 9.10. The lowest BCUT2D eigenvalue weighted by atomic mass is 9.71. The molecule has 1 saturated heterocycles. The maximum absolute atomic E-state index is 13.8. The fourth-order valence-corrected chi connectivity index (χ4v) is 6.85. The lowest BCUT2D eigenvalue weighted by Crippen LogP contribution is -2.52. The maximum atomic E-state index is 13.8. The van der Waals surface area contributed by atoms with E-state index in [2.05, 4.69) is 20.9 Å². The van der Waals surface area contributed by atoms with Gasteiger partial charge in [-0.25, -0.2) is 9.37 Å². The number of nitrogens with zero attached hydrogens (tertiary/aromatic N) is 2. The zero-order valence-electron chi connectivity index (χ0n) is 19.4. The number of halogens is 3. The minimum atomic E-state index is -1.93. The van der Waals surface area contributed by atoms with Crippen LogP contribution in [-0.2, 0) is 11.2 Å². The maximum Gasteiger partial charge on any atom is 0.224 e. The molecular formula is C27H25BrClFN2O4. The molecule has 2 fully saturated rings. The lowest BCUT2D eigenvalue weighted by Gasteiger charge is -2.41. The molecule has 3 aromatic rings. The summed E-state index contributed by atoms with van der Waals surface area (Å²) in [5.41, 5.74) is -1.51. The number of aliphatic hydroxyl groups excluding tert-OH is 1. The van der Waals surface area contributed by atoms with Gasteiger partial charge in [0.1, 0.15) is 17.1 Å². The predicted molar refractivity (Wildman–Crippen MR) is 136 cm³/mol. The third-order valence-electron chi connectivity index (χ3n) is 7.84. The van der Waals surface area contributed by atoms with Gasteiger partial charge in [-0.3, -0.25) is 4.90 Å². The van der Waals surface area contributed by atoms with E-state index >= 15 is 0 Å². The van der Waals surface area contributed by atoms with Crippen LogP contribution in [0, 0.1) is 5.92 Å². The number of methoxy groups -OCH3 is 1. The van der Waals surface area contributed by atoms with Gasteiger partial charge in [-0.2, -0.15) is 0 Å². The van der Waals surface area contributed by atoms with Crippen LogP contribution < -0.4 is 9.47 Å². The standard InChI is InChI=1S/C27H25BrClFN2O4/c1-35-25-23-20(11-21(29)31-25)36-27(16-7-9-17(28)10-8-16)22(15-5-3-2-4-6-15)19(24(33)26(23,27)34)14-32-12-18(30)13-32/h2-11,18-19,22,24,33-34H,12-14H2,1H3/t19-,22-,24-,26+,27+/m1/s1. The fraction of sp³-hybridized carbons (Fsp3) is 0.370. The second kappa shape index (κ2) is 8.67. The molecule has 0 bridgehead atoms. The first-order valence-electron chi connectivity index (χ1n) is 11.8. The van der Waals surface area contributed by atoms with Crippen molar-refractivity contribution in [2.75, 3.05) is 26.7 Å². The molecule has 1 aromatic heterocycles. The molecule has 2 aromatic carbocycles. The SMILES string of the molecule is COc1nc(Cl)cc2c1[C@]1(O)[C@H](O)[C@H](CN3CC(F)C3)[C@@H](c3ccccc3)[C@]1(c1ccc(Br)cc1)O2. The van der Waals surface area contributed by atoms with E-state index in [9.17, 15) is 14.6 Å². The molecule has 3 aliphatic rings. The number of aliphatic hydroxyl groups is 2. The summed E-state index contributed by atoms with van der Waals surface area (Å²) in [7, 11) is 1.44. The number of hydrogen-bond donors (Lipinski definition) is 2. The summed E-state index contributed by atoms with van der Waals surface area (Å²) in [5.74, 6) is -0.571. The van der Waals surface area contributed by atoms with Crippen LogP contribution in [0.5, 0.6) is 11.6 Å². The van der Waals surface area contributed by atoms with E-state index in [0.29, 0.717) is 30.9 Å². The Morgan fingerprint density at radius 3 is 2.53 bits per heavy atom. The molecule has 0 spiro atoms. The van der Waals surface area contributed by atoms with Crippen molar-refractivity contribution in [2.24, 2.45) is 5.92 Å². The van der Waals surface area contributed by atoms with Crippen LogP contribution in [-0.4, -0.2) is 59.1 Å². The van der Waals surface area contributed by atoms with Crippen molar-refractivity contribution in [3.05, 3.63) is 87.0 Å². The van der Waals surface area contributed by atoms with Gasteiger partial charge in [0.05, 0.1) is 18.8 Å². The van der Waals surface area contributed by atoms with Gasteiger partial charge in [0.2, 0.25) is 5.88 Å². The number of hydrogen-bond acceptors (Lipinski definition) is 6. The van der Waals surface area contributed by atoms with Gasteiger partial charge in [-0.1, -0.05) is 70.0 Å². The molecule has 2 N–H and O–H groups in total. The molecule has 6 nitrogen and oxygen atoms in total. The molecule has 0 amide bonds. The van der Waals surface area contributed by atoms with Crippen molar-refractivity contribution in [1.82, 2.24) is 9.88 Å². The molecule has 36 heavy (non-hydrogen) atoms. The number of fused-ring (bicyclic) bond motifs is 3. The first-order chi connectivity index (χ1) is 17.3. The topological polar surface area (TPSA) is 75.0 Å². The normalized spacial score (nSPS) is 31.4. The van der Waals surface area contributed by atoms with Crippen molar-refractivity contribution in [3.63, 3.8) is 0 Å². The molecule has 2 aliphatic heterocycles. The number of rotatable bonds is 5. The molecule has 1 saturated carbocycles. The van der Waals surface area contributed by atoms with Crippen LogP contribution in [0.1, 0.15) is 22.6 Å². The van der Waals surface area contributed by atoms with Crippen LogP contribution in [0.15, 0.2) is 65.1 Å². The van der Waals surface area contributed by atoms with E-state index in [1.165, 1.54) is 7.11 Å². The molecule has 3 heterocycles. The van der Waals surface area contributed by atoms with Gasteiger partial charge < -0.3 is 19.7 Å². The quantitative estimate of drug-likeness (QED) is 0.439. The summed E-state index contributed by atoms with van der Waals surface area (Å²) in [5, 5.41) is 24.9. The molecular weight excluding hydrogens is 551 g/mol. The fourth-order valence-electron chi connectivity index (χ4n) is 6.41. The number of likely N-dealkylation sites (tertiary alicyclic amines) is 1. The molecule has 1 aliphatic carbocycles. The number of ether oxygens (including phenoxy) is 2.